The van der Waals surface area contributed by atoms with Crippen LogP contribution in [0.3, 0.4) is 0 Å². The van der Waals surface area contributed by atoms with Gasteiger partial charge in [0, 0.05) is 26.1 Å². The first-order valence-electron chi connectivity index (χ1n) is 13.5. The second-order valence-electron chi connectivity index (χ2n) is 11.6. The zero-order valence-corrected chi connectivity index (χ0v) is 24.4. The van der Waals surface area contributed by atoms with Gasteiger partial charge in [-0.15, -0.1) is 11.3 Å². The lowest BCUT2D eigenvalue weighted by atomic mass is 9.82. The van der Waals surface area contributed by atoms with Crippen LogP contribution in [0, 0.1) is 11.3 Å². The van der Waals surface area contributed by atoms with Crippen LogP contribution >= 0.6 is 11.3 Å². The van der Waals surface area contributed by atoms with Crippen molar-refractivity contribution in [2.24, 2.45) is 11.3 Å². The first-order valence-corrected chi connectivity index (χ1v) is 15.8. The molecule has 3 aromatic rings. The van der Waals surface area contributed by atoms with Gasteiger partial charge in [0.2, 0.25) is 15.9 Å². The number of thiazole rings is 1. The van der Waals surface area contributed by atoms with E-state index < -0.39 is 40.2 Å². The number of aliphatic hydroxyl groups excluding tert-OH is 1. The van der Waals surface area contributed by atoms with Crippen molar-refractivity contribution < 1.29 is 31.5 Å². The highest BCUT2D eigenvalue weighted by atomic mass is 32.2. The molecule has 1 aromatic heterocycles. The van der Waals surface area contributed by atoms with E-state index >= 15 is 0 Å². The lowest BCUT2D eigenvalue weighted by Crippen LogP contribution is -2.53. The number of hydrogen-bond donors (Lipinski definition) is 3. The molecule has 3 N–H and O–H groups in total. The monoisotopic (exact) mass is 610 g/mol. The number of alkyl halides is 3. The minimum absolute atomic E-state index is 0.0159. The van der Waals surface area contributed by atoms with Gasteiger partial charge in [0.15, 0.2) is 6.10 Å². The zero-order chi connectivity index (χ0) is 29.6. The smallest absolute Gasteiger partial charge is 0.383 e. The van der Waals surface area contributed by atoms with Gasteiger partial charge in [-0.2, -0.15) is 17.9 Å². The highest BCUT2D eigenvalue weighted by Crippen LogP contribution is 2.36. The van der Waals surface area contributed by atoms with Gasteiger partial charge in [-0.3, -0.25) is 4.79 Å². The summed E-state index contributed by atoms with van der Waals surface area (Å²) in [7, 11) is -4.19. The maximum atomic E-state index is 13.8. The van der Waals surface area contributed by atoms with Crippen molar-refractivity contribution in [1.82, 2.24) is 14.6 Å². The van der Waals surface area contributed by atoms with Crippen molar-refractivity contribution in [2.45, 2.75) is 62.7 Å². The Morgan fingerprint density at radius 2 is 1.90 bits per heavy atom. The number of likely N-dealkylation sites (tertiary alicyclic amines) is 1. The van der Waals surface area contributed by atoms with Crippen LogP contribution in [0.2, 0.25) is 0 Å². The molecule has 2 aliphatic heterocycles. The largest absolute Gasteiger partial charge is 0.414 e. The summed E-state index contributed by atoms with van der Waals surface area (Å²) in [5.74, 6) is -1.56. The lowest BCUT2D eigenvalue weighted by Gasteiger charge is -2.36. The summed E-state index contributed by atoms with van der Waals surface area (Å²) in [6, 6.07) is 11.2. The Morgan fingerprint density at radius 3 is 2.59 bits per heavy atom. The van der Waals surface area contributed by atoms with Crippen LogP contribution in [0.4, 0.5) is 18.9 Å². The Balaban J connectivity index is 1.41. The summed E-state index contributed by atoms with van der Waals surface area (Å²) >= 11 is 1.35. The van der Waals surface area contributed by atoms with E-state index in [-0.39, 0.29) is 42.7 Å². The summed E-state index contributed by atoms with van der Waals surface area (Å²) in [6.45, 7) is 4.72. The molecule has 0 saturated carbocycles. The number of halogens is 3. The average Bonchev–Trinajstić information content (AvgIpc) is 3.33. The van der Waals surface area contributed by atoms with E-state index in [1.807, 2.05) is 30.3 Å². The molecule has 1 saturated heterocycles. The number of fused-ring (bicyclic) bond motifs is 2. The molecule has 0 aliphatic carbocycles. The van der Waals surface area contributed by atoms with Crippen molar-refractivity contribution in [3.8, 4) is 0 Å². The number of benzene rings is 2. The van der Waals surface area contributed by atoms with Gasteiger partial charge in [-0.05, 0) is 54.4 Å². The summed E-state index contributed by atoms with van der Waals surface area (Å²) < 4.78 is 70.2. The molecule has 1 fully saturated rings. The molecule has 8 nitrogen and oxygen atoms in total. The van der Waals surface area contributed by atoms with Gasteiger partial charge >= 0.3 is 6.18 Å². The number of nitrogens with one attached hydrogen (secondary N) is 2. The molecule has 0 spiro atoms. The Bertz CT molecular complexity index is 1500. The third kappa shape index (κ3) is 6.52. The summed E-state index contributed by atoms with van der Waals surface area (Å²) in [4.78, 5) is 19.7. The summed E-state index contributed by atoms with van der Waals surface area (Å²) in [5.41, 5.74) is 2.04. The van der Waals surface area contributed by atoms with E-state index in [0.29, 0.717) is 23.7 Å². The minimum Gasteiger partial charge on any atom is -0.383 e. The van der Waals surface area contributed by atoms with Gasteiger partial charge in [0.05, 0.1) is 20.9 Å². The van der Waals surface area contributed by atoms with E-state index in [1.165, 1.54) is 22.3 Å². The number of carbonyl (C=O) groups is 1. The molecule has 2 aromatic carbocycles. The van der Waals surface area contributed by atoms with E-state index in [0.717, 1.165) is 15.8 Å². The molecule has 3 heterocycles. The second kappa shape index (κ2) is 11.2. The number of sulfonamides is 1. The third-order valence-corrected chi connectivity index (χ3v) is 10.3. The molecule has 0 bridgehead atoms. The molecule has 2 atom stereocenters. The fourth-order valence-electron chi connectivity index (χ4n) is 5.59. The predicted octanol–water partition coefficient (Wildman–Crippen LogP) is 4.34. The number of hydrogen-bond acceptors (Lipinski definition) is 7. The topological polar surface area (TPSA) is 112 Å². The van der Waals surface area contributed by atoms with Crippen LogP contribution in [0.15, 0.2) is 47.4 Å². The zero-order valence-electron chi connectivity index (χ0n) is 22.7. The normalized spacial score (nSPS) is 19.4. The molecule has 0 radical (unpaired) electrons. The Labute approximate surface area is 241 Å². The molecule has 5 rings (SSSR count). The highest BCUT2D eigenvalue weighted by molar-refractivity contribution is 7.89. The predicted molar refractivity (Wildman–Crippen MR) is 151 cm³/mol. The van der Waals surface area contributed by atoms with Crippen molar-refractivity contribution in [2.75, 3.05) is 25.0 Å². The fourth-order valence-corrected chi connectivity index (χ4v) is 8.02. The Morgan fingerprint density at radius 1 is 1.20 bits per heavy atom. The quantitative estimate of drug-likeness (QED) is 0.367. The number of aliphatic hydroxyl groups is 1. The molecule has 1 unspecified atom stereocenters. The standard InChI is InChI=1S/C28H33F3N4O4S2/c1-27(2)15-18-6-5-9-22(24(18)32-16-27)41(38,39)34-20(14-23-33-19-7-3-4-8-21(19)40-23)26(37)35-12-10-17(11-13-35)25(36)28(29,30)31/h3-9,17,20,25,32,34,36H,10-16H2,1-2H3/t20-,25?/m0/s1. The number of carbonyl (C=O) groups excluding carboxylic acids is 1. The SMILES string of the molecule is CC1(C)CNc2c(cccc2S(=O)(=O)N[C@@H](Cc2nc3ccccc3s2)C(=O)N2CCC(C(O)C(F)(F)F)CC2)C1. The van der Waals surface area contributed by atoms with E-state index in [2.05, 4.69) is 28.9 Å². The van der Waals surface area contributed by atoms with Crippen molar-refractivity contribution in [3.63, 3.8) is 0 Å². The van der Waals surface area contributed by atoms with E-state index in [4.69, 9.17) is 0 Å². The molecule has 1 amide bonds. The third-order valence-electron chi connectivity index (χ3n) is 7.76. The average molecular weight is 611 g/mol. The van der Waals surface area contributed by atoms with Crippen LogP contribution in [0.1, 0.15) is 37.3 Å². The number of anilines is 1. The maximum absolute atomic E-state index is 13.8. The number of nitrogens with zero attached hydrogens (tertiary/aromatic N) is 2. The first kappa shape index (κ1) is 29.7. The number of amides is 1. The number of rotatable bonds is 7. The maximum Gasteiger partial charge on any atom is 0.414 e. The Hall–Kier alpha value is -2.74. The second-order valence-corrected chi connectivity index (χ2v) is 14.4. The molecular weight excluding hydrogens is 577 g/mol. The van der Waals surface area contributed by atoms with Crippen LogP contribution in [-0.2, 0) is 27.7 Å². The number of aromatic nitrogens is 1. The van der Waals surface area contributed by atoms with Crippen LogP contribution in [0.5, 0.6) is 0 Å². The van der Waals surface area contributed by atoms with Crippen molar-refractivity contribution in [3.05, 3.63) is 53.0 Å². The fraction of sp³-hybridized carbons (Fsp3) is 0.500. The van der Waals surface area contributed by atoms with Crippen LogP contribution in [0.25, 0.3) is 10.2 Å². The molecule has 13 heteroatoms. The van der Waals surface area contributed by atoms with Gasteiger partial charge in [0.1, 0.15) is 10.9 Å². The lowest BCUT2D eigenvalue weighted by molar-refractivity contribution is -0.223. The Kier molecular flexibility index (Phi) is 8.09. The van der Waals surface area contributed by atoms with Crippen LogP contribution in [-0.4, -0.2) is 67.3 Å². The van der Waals surface area contributed by atoms with Gasteiger partial charge in [0.25, 0.3) is 0 Å². The molecular formula is C28H33F3N4O4S2. The van der Waals surface area contributed by atoms with Gasteiger partial charge in [-0.1, -0.05) is 38.1 Å². The summed E-state index contributed by atoms with van der Waals surface area (Å²) in [5, 5.41) is 13.5. The minimum atomic E-state index is -4.74. The van der Waals surface area contributed by atoms with Gasteiger partial charge in [-0.25, -0.2) is 13.4 Å². The molecule has 222 valence electrons. The summed E-state index contributed by atoms with van der Waals surface area (Å²) in [6.07, 6.45) is -6.61. The molecule has 41 heavy (non-hydrogen) atoms. The molecule has 2 aliphatic rings. The number of para-hydroxylation sites is 2. The van der Waals surface area contributed by atoms with Crippen molar-refractivity contribution in [1.29, 1.82) is 0 Å². The highest BCUT2D eigenvalue weighted by Gasteiger charge is 2.45. The van der Waals surface area contributed by atoms with E-state index in [9.17, 15) is 31.5 Å². The number of piperidine rings is 1. The van der Waals surface area contributed by atoms with Crippen LogP contribution < -0.4 is 10.0 Å². The van der Waals surface area contributed by atoms with Crippen molar-refractivity contribution >= 4 is 43.2 Å². The first-order chi connectivity index (χ1) is 19.2. The van der Waals surface area contributed by atoms with E-state index in [1.54, 1.807) is 6.07 Å². The van der Waals surface area contributed by atoms with Gasteiger partial charge < -0.3 is 15.3 Å².